The van der Waals surface area contributed by atoms with Gasteiger partial charge in [-0.3, -0.25) is 0 Å². The van der Waals surface area contributed by atoms with Crippen LogP contribution in [0.15, 0.2) is 46.0 Å². The number of halogens is 1. The maximum absolute atomic E-state index is 12.5. The monoisotopic (exact) mass is 658 g/mol. The van der Waals surface area contributed by atoms with Crippen molar-refractivity contribution in [2.75, 3.05) is 0 Å². The van der Waals surface area contributed by atoms with Gasteiger partial charge in [-0.1, -0.05) is 41.5 Å². The average molecular weight is 660 g/mol. The zero-order valence-corrected chi connectivity index (χ0v) is 28.3. The molecule has 0 atom stereocenters. The van der Waals surface area contributed by atoms with Crippen molar-refractivity contribution in [2.24, 2.45) is 0 Å². The van der Waals surface area contributed by atoms with E-state index in [2.05, 4.69) is 15.9 Å². The van der Waals surface area contributed by atoms with Gasteiger partial charge in [0.05, 0.1) is 0 Å². The Labute approximate surface area is 263 Å². The number of hydrogen-bond acceptors (Lipinski definition) is 8. The highest BCUT2D eigenvalue weighted by atomic mass is 79.9. The first-order valence-electron chi connectivity index (χ1n) is 13.9. The summed E-state index contributed by atoms with van der Waals surface area (Å²) >= 11 is 3.35. The topological polar surface area (TPSA) is 112 Å². The van der Waals surface area contributed by atoms with E-state index in [1.807, 2.05) is 39.8 Å². The zero-order valence-electron chi connectivity index (χ0n) is 26.7. The summed E-state index contributed by atoms with van der Waals surface area (Å²) in [6.45, 7) is 18.1. The molecule has 2 rings (SSSR count). The lowest BCUT2D eigenvalue weighted by molar-refractivity contribution is 0.0137. The van der Waals surface area contributed by atoms with Gasteiger partial charge in [0.15, 0.2) is 11.5 Å². The summed E-state index contributed by atoms with van der Waals surface area (Å²) in [5, 5.41) is 22.0. The number of aromatic hydroxyl groups is 2. The highest BCUT2D eigenvalue weighted by molar-refractivity contribution is 9.10. The van der Waals surface area contributed by atoms with Crippen LogP contribution < -0.4 is 9.47 Å². The second-order valence-corrected chi connectivity index (χ2v) is 13.3. The number of ether oxygens (including phenoxy) is 4. The Kier molecular flexibility index (Phi) is 12.1. The van der Waals surface area contributed by atoms with Gasteiger partial charge in [0.1, 0.15) is 27.2 Å². The van der Waals surface area contributed by atoms with Gasteiger partial charge in [0, 0.05) is 11.1 Å². The predicted molar refractivity (Wildman–Crippen MR) is 173 cm³/mol. The molecule has 0 bridgehead atoms. The minimum absolute atomic E-state index is 0.0373. The maximum atomic E-state index is 12.5. The third kappa shape index (κ3) is 11.5. The van der Waals surface area contributed by atoms with Crippen molar-refractivity contribution in [2.45, 2.75) is 93.3 Å². The Morgan fingerprint density at radius 3 is 1.60 bits per heavy atom. The molecule has 0 fully saturated rings. The van der Waals surface area contributed by atoms with Crippen molar-refractivity contribution in [3.8, 4) is 23.0 Å². The molecule has 0 saturated carbocycles. The van der Waals surface area contributed by atoms with Crippen LogP contribution in [0.3, 0.4) is 0 Å². The van der Waals surface area contributed by atoms with Crippen molar-refractivity contribution in [1.82, 2.24) is 0 Å². The smallest absolute Gasteiger partial charge is 0.506 e. The van der Waals surface area contributed by atoms with Gasteiger partial charge in [-0.15, -0.1) is 0 Å². The van der Waals surface area contributed by atoms with Crippen LogP contribution >= 0.6 is 15.9 Å². The standard InChI is InChI=1S/C34H43BrO8/c1-20(2)11-15-24-23(25(16-12-21(3)4)30(37)28(35)29(24)36)17-13-22-14-18-26(40-31(38)42-33(5,6)7)27(19-22)41-32(39)43-34(8,9)10/h11-14,17-19,36-37H,15-16H2,1-10H3/b17-13+. The second-order valence-electron chi connectivity index (χ2n) is 12.5. The molecule has 0 aromatic heterocycles. The van der Waals surface area contributed by atoms with Crippen molar-refractivity contribution >= 4 is 40.4 Å². The number of hydrogen-bond donors (Lipinski definition) is 2. The first kappa shape index (κ1) is 35.5. The number of allylic oxidation sites excluding steroid dienone is 4. The van der Waals surface area contributed by atoms with Gasteiger partial charge in [-0.05, 0) is 121 Å². The van der Waals surface area contributed by atoms with Gasteiger partial charge in [-0.25, -0.2) is 9.59 Å². The molecule has 0 spiro atoms. The van der Waals surface area contributed by atoms with Crippen LogP contribution in [0.2, 0.25) is 0 Å². The lowest BCUT2D eigenvalue weighted by Crippen LogP contribution is -2.27. The lowest BCUT2D eigenvalue weighted by Gasteiger charge is -2.21. The molecule has 0 aliphatic heterocycles. The highest BCUT2D eigenvalue weighted by Gasteiger charge is 2.24. The van der Waals surface area contributed by atoms with Crippen LogP contribution in [0.5, 0.6) is 23.0 Å². The van der Waals surface area contributed by atoms with E-state index in [-0.39, 0.29) is 27.5 Å². The summed E-state index contributed by atoms with van der Waals surface area (Å²) in [7, 11) is 0. The fourth-order valence-corrected chi connectivity index (χ4v) is 4.21. The van der Waals surface area contributed by atoms with E-state index in [1.165, 1.54) is 12.1 Å². The third-order valence-corrected chi connectivity index (χ3v) is 6.39. The molecule has 0 aliphatic rings. The Hall–Kier alpha value is -3.72. The van der Waals surface area contributed by atoms with Crippen LogP contribution in [0, 0.1) is 0 Å². The summed E-state index contributed by atoms with van der Waals surface area (Å²) in [5.74, 6) is -0.195. The summed E-state index contributed by atoms with van der Waals surface area (Å²) < 4.78 is 21.6. The van der Waals surface area contributed by atoms with Crippen molar-refractivity contribution in [1.29, 1.82) is 0 Å². The molecule has 2 aromatic carbocycles. The predicted octanol–water partition coefficient (Wildman–Crippen LogP) is 9.68. The summed E-state index contributed by atoms with van der Waals surface area (Å²) in [4.78, 5) is 24.9. The van der Waals surface area contributed by atoms with E-state index in [0.717, 1.165) is 11.1 Å². The minimum atomic E-state index is -0.974. The van der Waals surface area contributed by atoms with E-state index in [9.17, 15) is 19.8 Å². The Morgan fingerprint density at radius 1 is 0.744 bits per heavy atom. The van der Waals surface area contributed by atoms with Gasteiger partial charge in [0.25, 0.3) is 0 Å². The van der Waals surface area contributed by atoms with Crippen LogP contribution in [0.4, 0.5) is 9.59 Å². The zero-order chi connectivity index (χ0) is 32.7. The number of carbonyl (C=O) groups is 2. The third-order valence-electron chi connectivity index (χ3n) is 5.64. The molecule has 9 heteroatoms. The fraction of sp³-hybridized carbons (Fsp3) is 0.412. The van der Waals surface area contributed by atoms with Crippen LogP contribution in [0.25, 0.3) is 12.2 Å². The molecule has 2 aromatic rings. The number of phenolic OH excluding ortho intramolecular Hbond substituents is 2. The van der Waals surface area contributed by atoms with Crippen LogP contribution in [0.1, 0.15) is 91.5 Å². The summed E-state index contributed by atoms with van der Waals surface area (Å²) in [5.41, 5.74) is 3.05. The van der Waals surface area contributed by atoms with Gasteiger partial charge < -0.3 is 29.2 Å². The number of rotatable bonds is 8. The Bertz CT molecular complexity index is 1380. The SMILES string of the molecule is CC(C)=CCc1c(O)c(Br)c(O)c(CC=C(C)C)c1/C=C/c1ccc(OC(=O)OC(C)(C)C)c(OC(=O)OC(C)(C)C)c1. The molecular weight excluding hydrogens is 616 g/mol. The minimum Gasteiger partial charge on any atom is -0.506 e. The maximum Gasteiger partial charge on any atom is 0.514 e. The summed E-state index contributed by atoms with van der Waals surface area (Å²) in [6.07, 6.45) is 6.46. The van der Waals surface area contributed by atoms with E-state index >= 15 is 0 Å². The van der Waals surface area contributed by atoms with Gasteiger partial charge >= 0.3 is 12.3 Å². The molecule has 0 aliphatic carbocycles. The van der Waals surface area contributed by atoms with Crippen LogP contribution in [-0.2, 0) is 22.3 Å². The highest BCUT2D eigenvalue weighted by Crippen LogP contribution is 2.43. The quantitative estimate of drug-likeness (QED) is 0.125. The number of carbonyl (C=O) groups excluding carboxylic acids is 2. The molecule has 43 heavy (non-hydrogen) atoms. The summed E-state index contributed by atoms with van der Waals surface area (Å²) in [6, 6.07) is 4.67. The molecule has 234 valence electrons. The second kappa shape index (κ2) is 14.6. The normalized spacial score (nSPS) is 11.6. The first-order valence-corrected chi connectivity index (χ1v) is 14.7. The fourth-order valence-electron chi connectivity index (χ4n) is 3.73. The average Bonchev–Trinajstić information content (AvgIpc) is 2.84. The molecule has 0 radical (unpaired) electrons. The van der Waals surface area contributed by atoms with E-state index < -0.39 is 23.5 Å². The van der Waals surface area contributed by atoms with E-state index in [1.54, 1.807) is 59.8 Å². The first-order chi connectivity index (χ1) is 19.8. The van der Waals surface area contributed by atoms with Crippen LogP contribution in [-0.4, -0.2) is 33.7 Å². The van der Waals surface area contributed by atoms with Gasteiger partial charge in [0.2, 0.25) is 0 Å². The van der Waals surface area contributed by atoms with Crippen molar-refractivity contribution in [3.05, 3.63) is 68.2 Å². The molecule has 0 unspecified atom stereocenters. The van der Waals surface area contributed by atoms with E-state index in [4.69, 9.17) is 18.9 Å². The molecule has 2 N–H and O–H groups in total. The Balaban J connectivity index is 2.66. The molecule has 0 heterocycles. The molecule has 8 nitrogen and oxygen atoms in total. The number of benzene rings is 2. The van der Waals surface area contributed by atoms with Crippen molar-refractivity contribution < 1.29 is 38.7 Å². The Morgan fingerprint density at radius 2 is 1.19 bits per heavy atom. The molecule has 0 saturated heterocycles. The largest absolute Gasteiger partial charge is 0.514 e. The van der Waals surface area contributed by atoms with Gasteiger partial charge in [-0.2, -0.15) is 0 Å². The van der Waals surface area contributed by atoms with Crippen molar-refractivity contribution in [3.63, 3.8) is 0 Å². The lowest BCUT2D eigenvalue weighted by atomic mass is 9.93. The molecular formula is C34H43BrO8. The van der Waals surface area contributed by atoms with E-state index in [0.29, 0.717) is 35.1 Å². The number of phenols is 2. The molecule has 0 amide bonds.